The molecule has 2 aromatic heterocycles. The maximum atomic E-state index is 12.7. The molecule has 0 fully saturated rings. The van der Waals surface area contributed by atoms with Gasteiger partial charge in [-0.2, -0.15) is 0 Å². The summed E-state index contributed by atoms with van der Waals surface area (Å²) in [5, 5.41) is 3.65. The van der Waals surface area contributed by atoms with Crippen LogP contribution in [0.5, 0.6) is 0 Å². The molecule has 0 aromatic carbocycles. The zero-order valence-corrected chi connectivity index (χ0v) is 13.3. The van der Waals surface area contributed by atoms with Gasteiger partial charge in [-0.25, -0.2) is 17.7 Å². The van der Waals surface area contributed by atoms with E-state index in [0.717, 1.165) is 4.31 Å². The third-order valence-corrected chi connectivity index (χ3v) is 5.05. The van der Waals surface area contributed by atoms with E-state index in [2.05, 4.69) is 10.1 Å². The average molecular weight is 332 g/mol. The van der Waals surface area contributed by atoms with Crippen LogP contribution in [0.1, 0.15) is 11.3 Å². The lowest BCUT2D eigenvalue weighted by molar-refractivity contribution is 0.205. The quantitative estimate of drug-likeness (QED) is 0.616. The van der Waals surface area contributed by atoms with Crippen molar-refractivity contribution in [2.45, 2.75) is 18.7 Å². The van der Waals surface area contributed by atoms with Crippen LogP contribution in [-0.2, 0) is 14.8 Å². The summed E-state index contributed by atoms with van der Waals surface area (Å²) in [5.41, 5.74) is 1.20. The SMILES string of the molecule is COCN(c1onc(C)c1C)S(=O)(=O)c1cccnc1Cl. The fourth-order valence-corrected chi connectivity index (χ4v) is 3.47. The Morgan fingerprint density at radius 3 is 2.67 bits per heavy atom. The minimum absolute atomic E-state index is 0.0919. The number of nitrogens with zero attached hydrogens (tertiary/aromatic N) is 3. The monoisotopic (exact) mass is 331 g/mol. The van der Waals surface area contributed by atoms with Gasteiger partial charge < -0.3 is 9.26 Å². The Morgan fingerprint density at radius 2 is 2.14 bits per heavy atom. The lowest BCUT2D eigenvalue weighted by atomic mass is 10.3. The van der Waals surface area contributed by atoms with Crippen molar-refractivity contribution in [3.63, 3.8) is 0 Å². The highest BCUT2D eigenvalue weighted by atomic mass is 35.5. The zero-order chi connectivity index (χ0) is 15.6. The van der Waals surface area contributed by atoms with Crippen molar-refractivity contribution in [2.24, 2.45) is 0 Å². The van der Waals surface area contributed by atoms with Crippen molar-refractivity contribution in [3.05, 3.63) is 34.7 Å². The highest BCUT2D eigenvalue weighted by Crippen LogP contribution is 2.30. The molecular weight excluding hydrogens is 318 g/mol. The fraction of sp³-hybridized carbons (Fsp3) is 0.333. The van der Waals surface area contributed by atoms with Gasteiger partial charge in [-0.05, 0) is 26.0 Å². The topological polar surface area (TPSA) is 85.5 Å². The zero-order valence-electron chi connectivity index (χ0n) is 11.7. The summed E-state index contributed by atoms with van der Waals surface area (Å²) in [6.45, 7) is 3.20. The molecule has 0 unspecified atom stereocenters. The van der Waals surface area contributed by atoms with Crippen LogP contribution in [0.25, 0.3) is 0 Å². The summed E-state index contributed by atoms with van der Waals surface area (Å²) in [4.78, 5) is 3.65. The van der Waals surface area contributed by atoms with Crippen LogP contribution in [0.3, 0.4) is 0 Å². The van der Waals surface area contributed by atoms with E-state index in [-0.39, 0.29) is 22.7 Å². The van der Waals surface area contributed by atoms with E-state index in [1.807, 2.05) is 0 Å². The van der Waals surface area contributed by atoms with Gasteiger partial charge in [-0.1, -0.05) is 16.8 Å². The summed E-state index contributed by atoms with van der Waals surface area (Å²) < 4.78 is 36.5. The second kappa shape index (κ2) is 6.00. The highest BCUT2D eigenvalue weighted by molar-refractivity contribution is 7.93. The van der Waals surface area contributed by atoms with Crippen molar-refractivity contribution < 1.29 is 17.7 Å². The highest BCUT2D eigenvalue weighted by Gasteiger charge is 2.31. The molecule has 0 aliphatic heterocycles. The van der Waals surface area contributed by atoms with Crippen molar-refractivity contribution in [2.75, 3.05) is 18.1 Å². The van der Waals surface area contributed by atoms with Gasteiger partial charge >= 0.3 is 0 Å². The number of pyridine rings is 1. The molecule has 0 amide bonds. The van der Waals surface area contributed by atoms with Crippen LogP contribution in [0.4, 0.5) is 5.88 Å². The van der Waals surface area contributed by atoms with E-state index in [4.69, 9.17) is 20.9 Å². The average Bonchev–Trinajstić information content (AvgIpc) is 2.76. The number of sulfonamides is 1. The minimum atomic E-state index is -3.98. The third-order valence-electron chi connectivity index (χ3n) is 2.90. The molecule has 0 aliphatic carbocycles. The molecule has 0 atom stereocenters. The second-order valence-corrected chi connectivity index (χ2v) is 6.45. The summed E-state index contributed by atoms with van der Waals surface area (Å²) in [6.07, 6.45) is 1.41. The number of ether oxygens (including phenoxy) is 1. The number of halogens is 1. The van der Waals surface area contributed by atoms with E-state index in [1.54, 1.807) is 13.8 Å². The number of hydrogen-bond acceptors (Lipinski definition) is 6. The largest absolute Gasteiger partial charge is 0.363 e. The van der Waals surface area contributed by atoms with Crippen LogP contribution < -0.4 is 4.31 Å². The van der Waals surface area contributed by atoms with Gasteiger partial charge in [0.2, 0.25) is 5.88 Å². The molecule has 0 saturated heterocycles. The Hall–Kier alpha value is -1.64. The number of aryl methyl sites for hydroxylation is 1. The molecule has 2 aromatic rings. The number of aromatic nitrogens is 2. The van der Waals surface area contributed by atoms with Gasteiger partial charge in [0.15, 0.2) is 0 Å². The lowest BCUT2D eigenvalue weighted by Gasteiger charge is -2.21. The predicted molar refractivity (Wildman–Crippen MR) is 76.8 cm³/mol. The van der Waals surface area contributed by atoms with Crippen molar-refractivity contribution in [3.8, 4) is 0 Å². The molecule has 21 heavy (non-hydrogen) atoms. The third kappa shape index (κ3) is 2.87. The van der Waals surface area contributed by atoms with Gasteiger partial charge in [-0.3, -0.25) is 0 Å². The number of anilines is 1. The Balaban J connectivity index is 2.57. The number of hydrogen-bond donors (Lipinski definition) is 0. The first kappa shape index (κ1) is 15.7. The van der Waals surface area contributed by atoms with E-state index >= 15 is 0 Å². The normalized spacial score (nSPS) is 11.6. The molecule has 114 valence electrons. The van der Waals surface area contributed by atoms with Gasteiger partial charge in [0.05, 0.1) is 5.69 Å². The molecule has 0 spiro atoms. The summed E-state index contributed by atoms with van der Waals surface area (Å²) >= 11 is 5.88. The fourth-order valence-electron chi connectivity index (χ4n) is 1.67. The minimum Gasteiger partial charge on any atom is -0.363 e. The number of rotatable bonds is 5. The van der Waals surface area contributed by atoms with Crippen molar-refractivity contribution >= 4 is 27.5 Å². The van der Waals surface area contributed by atoms with Gasteiger partial charge in [-0.15, -0.1) is 0 Å². The summed E-state index contributed by atoms with van der Waals surface area (Å²) in [5.74, 6) is 0.0919. The van der Waals surface area contributed by atoms with E-state index in [9.17, 15) is 8.42 Å². The molecule has 0 saturated carbocycles. The van der Waals surface area contributed by atoms with Gasteiger partial charge in [0, 0.05) is 18.9 Å². The summed E-state index contributed by atoms with van der Waals surface area (Å²) in [6, 6.07) is 2.86. The molecule has 0 radical (unpaired) electrons. The maximum absolute atomic E-state index is 12.7. The molecular formula is C12H14ClN3O4S. The molecule has 0 aliphatic rings. The Kier molecular flexibility index (Phi) is 4.50. The summed E-state index contributed by atoms with van der Waals surface area (Å²) in [7, 11) is -2.60. The molecule has 0 bridgehead atoms. The maximum Gasteiger partial charge on any atom is 0.271 e. The van der Waals surface area contributed by atoms with Gasteiger partial charge in [0.25, 0.3) is 10.0 Å². The Morgan fingerprint density at radius 1 is 1.43 bits per heavy atom. The smallest absolute Gasteiger partial charge is 0.271 e. The molecule has 9 heteroatoms. The van der Waals surface area contributed by atoms with Crippen molar-refractivity contribution in [1.82, 2.24) is 10.1 Å². The van der Waals surface area contributed by atoms with E-state index < -0.39 is 10.0 Å². The molecule has 7 nitrogen and oxygen atoms in total. The van der Waals surface area contributed by atoms with E-state index in [1.165, 1.54) is 25.4 Å². The lowest BCUT2D eigenvalue weighted by Crippen LogP contribution is -2.33. The van der Waals surface area contributed by atoms with Gasteiger partial charge in [0.1, 0.15) is 16.8 Å². The van der Waals surface area contributed by atoms with Crippen LogP contribution in [0.2, 0.25) is 5.15 Å². The standard InChI is InChI=1S/C12H14ClN3O4S/c1-8-9(2)15-20-12(8)16(7-19-3)21(17,18)10-5-4-6-14-11(10)13/h4-6H,7H2,1-3H3. The van der Waals surface area contributed by atoms with Crippen LogP contribution in [0, 0.1) is 13.8 Å². The van der Waals surface area contributed by atoms with E-state index in [0.29, 0.717) is 11.3 Å². The number of methoxy groups -OCH3 is 1. The van der Waals surface area contributed by atoms with Crippen LogP contribution in [0.15, 0.2) is 27.7 Å². The van der Waals surface area contributed by atoms with Crippen LogP contribution in [-0.4, -0.2) is 32.4 Å². The first-order valence-electron chi connectivity index (χ1n) is 5.94. The second-order valence-electron chi connectivity index (χ2n) is 4.26. The molecule has 2 rings (SSSR count). The molecule has 0 N–H and O–H groups in total. The first-order valence-corrected chi connectivity index (χ1v) is 7.76. The predicted octanol–water partition coefficient (Wildman–Crippen LogP) is 2.14. The molecule has 2 heterocycles. The van der Waals surface area contributed by atoms with Crippen molar-refractivity contribution in [1.29, 1.82) is 0 Å². The first-order chi connectivity index (χ1) is 9.89. The van der Waals surface area contributed by atoms with Crippen LogP contribution >= 0.6 is 11.6 Å². The Labute approximate surface area is 127 Å². The Bertz CT molecular complexity index is 745.